The third-order valence-electron chi connectivity index (χ3n) is 9.21. The van der Waals surface area contributed by atoms with Gasteiger partial charge in [0, 0.05) is 42.3 Å². The molecule has 0 spiro atoms. The number of hydrogen-bond acceptors (Lipinski definition) is 5. The second kappa shape index (κ2) is 16.8. The number of hydrogen-bond donors (Lipinski definition) is 1. The van der Waals surface area contributed by atoms with Crippen molar-refractivity contribution in [3.8, 4) is 0 Å². The number of anilines is 1. The number of halogens is 1. The monoisotopic (exact) mass is 593 g/mol. The van der Waals surface area contributed by atoms with E-state index in [9.17, 15) is 14.4 Å². The highest BCUT2D eigenvalue weighted by Gasteiger charge is 2.33. The summed E-state index contributed by atoms with van der Waals surface area (Å²) in [5.74, 6) is 1.52. The minimum Gasteiger partial charge on any atom is -0.461 e. The molecule has 0 radical (unpaired) electrons. The molecule has 0 saturated heterocycles. The van der Waals surface area contributed by atoms with Gasteiger partial charge in [0.05, 0.1) is 0 Å². The summed E-state index contributed by atoms with van der Waals surface area (Å²) in [6, 6.07) is 5.22. The third kappa shape index (κ3) is 11.2. The van der Waals surface area contributed by atoms with E-state index >= 15 is 0 Å². The molecule has 0 bridgehead atoms. The summed E-state index contributed by atoms with van der Waals surface area (Å²) in [5, 5.41) is 0.538. The van der Waals surface area contributed by atoms with Crippen LogP contribution >= 0.6 is 11.6 Å². The van der Waals surface area contributed by atoms with E-state index in [4.69, 9.17) is 22.1 Å². The lowest BCUT2D eigenvalue weighted by molar-refractivity contribution is -0.146. The van der Waals surface area contributed by atoms with Crippen LogP contribution in [0.5, 0.6) is 0 Å². The number of rotatable bonds is 13. The van der Waals surface area contributed by atoms with Crippen LogP contribution in [-0.4, -0.2) is 17.5 Å². The van der Waals surface area contributed by atoms with Gasteiger partial charge in [-0.3, -0.25) is 14.4 Å². The molecule has 3 aliphatic rings. The number of ketones is 2. The topological polar surface area (TPSA) is 86.5 Å². The zero-order chi connectivity index (χ0) is 29.7. The molecule has 6 heteroatoms. The summed E-state index contributed by atoms with van der Waals surface area (Å²) in [6.45, 7) is 0.183. The summed E-state index contributed by atoms with van der Waals surface area (Å²) < 4.78 is 5.52. The number of ether oxygens (including phenoxy) is 1. The highest BCUT2D eigenvalue weighted by atomic mass is 35.5. The Bertz CT molecular complexity index is 1150. The minimum atomic E-state index is -0.174. The molecule has 42 heavy (non-hydrogen) atoms. The van der Waals surface area contributed by atoms with Crippen LogP contribution < -0.4 is 5.73 Å². The predicted octanol–water partition coefficient (Wildman–Crippen LogP) is 8.89. The van der Waals surface area contributed by atoms with Crippen LogP contribution in [0, 0.1) is 23.7 Å². The van der Waals surface area contributed by atoms with Crippen LogP contribution in [0.15, 0.2) is 54.2 Å². The molecule has 0 amide bonds. The first-order chi connectivity index (χ1) is 20.3. The summed E-state index contributed by atoms with van der Waals surface area (Å²) in [4.78, 5) is 38.2. The van der Waals surface area contributed by atoms with E-state index in [1.54, 1.807) is 18.2 Å². The first-order valence-corrected chi connectivity index (χ1v) is 16.5. The van der Waals surface area contributed by atoms with E-state index in [-0.39, 0.29) is 24.3 Å². The molecule has 5 nitrogen and oxygen atoms in total. The molecule has 1 aromatic rings. The smallest absolute Gasteiger partial charge is 0.306 e. The number of benzene rings is 1. The largest absolute Gasteiger partial charge is 0.461 e. The molecule has 0 aromatic heterocycles. The molecule has 1 aromatic carbocycles. The fourth-order valence-electron chi connectivity index (χ4n) is 7.06. The Morgan fingerprint density at radius 1 is 0.952 bits per heavy atom. The van der Waals surface area contributed by atoms with Gasteiger partial charge in [0.1, 0.15) is 18.2 Å². The van der Waals surface area contributed by atoms with Gasteiger partial charge in [-0.15, -0.1) is 0 Å². The van der Waals surface area contributed by atoms with Crippen molar-refractivity contribution < 1.29 is 19.1 Å². The van der Waals surface area contributed by atoms with Gasteiger partial charge in [-0.1, -0.05) is 67.7 Å². The Labute approximate surface area is 257 Å². The van der Waals surface area contributed by atoms with Crippen LogP contribution in [0.25, 0.3) is 0 Å². The number of nitrogen functional groups attached to an aromatic ring is 1. The summed E-state index contributed by atoms with van der Waals surface area (Å²) in [6.07, 6.45) is 25.4. The quantitative estimate of drug-likeness (QED) is 0.107. The predicted molar refractivity (Wildman–Crippen MR) is 170 cm³/mol. The standard InChI is InChI=1S/C36H48ClNO4/c37-32-19-30(20-33(38)24-32)25-42-36(41)22-28-13-8-12-27(15-16-28)17-29-18-31(23-34(39)21-29)35(40)14-7-3-6-11-26-9-4-1-2-5-10-26/h1,4-5,9-10,19-20,24,27-29,31H,2-3,6-8,11-18,21-23,25,38H2. The normalized spacial score (nSPS) is 24.5. The Hall–Kier alpha value is -2.66. The minimum absolute atomic E-state index is 0.0861. The molecular formula is C36H48ClNO4. The second-order valence-corrected chi connectivity index (χ2v) is 13.3. The molecule has 4 rings (SSSR count). The molecule has 2 saturated carbocycles. The molecule has 2 fully saturated rings. The maximum absolute atomic E-state index is 13.0. The van der Waals surface area contributed by atoms with Gasteiger partial charge in [-0.05, 0) is 98.5 Å². The Kier molecular flexibility index (Phi) is 12.9. The molecule has 4 atom stereocenters. The number of Topliss-reactive ketones (excluding diaryl/α,β-unsaturated/α-hetero) is 2. The zero-order valence-corrected chi connectivity index (χ0v) is 25.8. The summed E-state index contributed by atoms with van der Waals surface area (Å²) in [7, 11) is 0. The van der Waals surface area contributed by atoms with Crippen molar-refractivity contribution in [3.05, 3.63) is 64.7 Å². The third-order valence-corrected chi connectivity index (χ3v) is 9.43. The number of unbranched alkanes of at least 4 members (excludes halogenated alkanes) is 2. The summed E-state index contributed by atoms with van der Waals surface area (Å²) >= 11 is 6.05. The lowest BCUT2D eigenvalue weighted by Gasteiger charge is -2.30. The fraction of sp³-hybridized carbons (Fsp3) is 0.583. The Morgan fingerprint density at radius 2 is 1.79 bits per heavy atom. The maximum Gasteiger partial charge on any atom is 0.306 e. The van der Waals surface area contributed by atoms with Gasteiger partial charge in [0.25, 0.3) is 0 Å². The van der Waals surface area contributed by atoms with E-state index in [1.807, 2.05) is 0 Å². The van der Waals surface area contributed by atoms with Gasteiger partial charge < -0.3 is 10.5 Å². The van der Waals surface area contributed by atoms with Crippen LogP contribution in [0.3, 0.4) is 0 Å². The average Bonchev–Trinajstić information content (AvgIpc) is 3.34. The van der Waals surface area contributed by atoms with Crippen molar-refractivity contribution in [3.63, 3.8) is 0 Å². The molecular weight excluding hydrogens is 546 g/mol. The molecule has 4 unspecified atom stereocenters. The number of allylic oxidation sites excluding steroid dienone is 6. The maximum atomic E-state index is 13.0. The van der Waals surface area contributed by atoms with Gasteiger partial charge in [-0.2, -0.15) is 0 Å². The number of nitrogens with two attached hydrogens (primary N) is 1. The van der Waals surface area contributed by atoms with Crippen molar-refractivity contribution in [2.24, 2.45) is 23.7 Å². The highest BCUT2D eigenvalue weighted by Crippen LogP contribution is 2.38. The van der Waals surface area contributed by atoms with Gasteiger partial charge in [0.2, 0.25) is 0 Å². The van der Waals surface area contributed by atoms with Gasteiger partial charge in [-0.25, -0.2) is 0 Å². The first kappa shape index (κ1) is 32.3. The molecule has 0 aliphatic heterocycles. The average molecular weight is 594 g/mol. The summed E-state index contributed by atoms with van der Waals surface area (Å²) in [5.41, 5.74) is 8.55. The molecule has 0 heterocycles. The van der Waals surface area contributed by atoms with Crippen LogP contribution in [-0.2, 0) is 25.7 Å². The van der Waals surface area contributed by atoms with Crippen molar-refractivity contribution in [2.75, 3.05) is 5.73 Å². The van der Waals surface area contributed by atoms with Gasteiger partial charge in [0.15, 0.2) is 0 Å². The van der Waals surface area contributed by atoms with Crippen molar-refractivity contribution in [1.29, 1.82) is 0 Å². The van der Waals surface area contributed by atoms with Gasteiger partial charge >= 0.3 is 5.97 Å². The molecule has 228 valence electrons. The van der Waals surface area contributed by atoms with E-state index in [2.05, 4.69) is 30.4 Å². The fourth-order valence-corrected chi connectivity index (χ4v) is 7.32. The van der Waals surface area contributed by atoms with Crippen molar-refractivity contribution >= 4 is 34.8 Å². The number of carbonyl (C=O) groups excluding carboxylic acids is 3. The molecule has 3 aliphatic carbocycles. The molecule has 2 N–H and O–H groups in total. The Morgan fingerprint density at radius 3 is 2.64 bits per heavy atom. The zero-order valence-electron chi connectivity index (χ0n) is 25.0. The Balaban J connectivity index is 1.14. The number of carbonyl (C=O) groups is 3. The van der Waals surface area contributed by atoms with E-state index in [0.717, 1.165) is 82.6 Å². The number of esters is 1. The van der Waals surface area contributed by atoms with Crippen LogP contribution in [0.1, 0.15) is 108 Å². The van der Waals surface area contributed by atoms with Crippen LogP contribution in [0.2, 0.25) is 5.02 Å². The van der Waals surface area contributed by atoms with E-state index < -0.39 is 0 Å². The lowest BCUT2D eigenvalue weighted by atomic mass is 9.73. The highest BCUT2D eigenvalue weighted by molar-refractivity contribution is 6.30. The second-order valence-electron chi connectivity index (χ2n) is 12.8. The van der Waals surface area contributed by atoms with Crippen molar-refractivity contribution in [2.45, 2.75) is 109 Å². The first-order valence-electron chi connectivity index (χ1n) is 16.1. The SMILES string of the molecule is Nc1cc(Cl)cc(COC(=O)CC2CCCC(CC3CC(=O)CC(C(=O)CCCCCC4=CC=CCC=C4)C3)CC2)c1. The van der Waals surface area contributed by atoms with Crippen LogP contribution in [0.4, 0.5) is 5.69 Å². The van der Waals surface area contributed by atoms with Crippen molar-refractivity contribution in [1.82, 2.24) is 0 Å². The van der Waals surface area contributed by atoms with E-state index in [1.165, 1.54) is 5.57 Å². The lowest BCUT2D eigenvalue weighted by Crippen LogP contribution is -2.29. The van der Waals surface area contributed by atoms with E-state index in [0.29, 0.717) is 59.9 Å².